The molecule has 3 aromatic carbocycles. The van der Waals surface area contributed by atoms with Gasteiger partial charge in [-0.1, -0.05) is 43.5 Å². The number of carbonyl (C=O) groups excluding carboxylic acids is 1. The fourth-order valence-electron chi connectivity index (χ4n) is 2.98. The van der Waals surface area contributed by atoms with Gasteiger partial charge in [0, 0.05) is 19.7 Å². The second-order valence-corrected chi connectivity index (χ2v) is 9.52. The van der Waals surface area contributed by atoms with E-state index in [-0.39, 0.29) is 11.3 Å². The van der Waals surface area contributed by atoms with Crippen LogP contribution in [0.15, 0.2) is 75.7 Å². The Labute approximate surface area is 189 Å². The second-order valence-electron chi connectivity index (χ2n) is 6.18. The van der Waals surface area contributed by atoms with Gasteiger partial charge in [-0.05, 0) is 72.3 Å². The summed E-state index contributed by atoms with van der Waals surface area (Å²) in [5.74, 6) is 1.96. The highest BCUT2D eigenvalue weighted by Crippen LogP contribution is 2.43. The second kappa shape index (κ2) is 8.49. The first-order chi connectivity index (χ1) is 13.5. The average molecular weight is 540 g/mol. The third kappa shape index (κ3) is 4.40. The van der Waals surface area contributed by atoms with Crippen LogP contribution in [0.25, 0.3) is 0 Å². The number of nitrogens with zero attached hydrogens (tertiary/aromatic N) is 1. The molecular weight excluding hydrogens is 526 g/mol. The first kappa shape index (κ1) is 19.8. The topological polar surface area (TPSA) is 29.5 Å². The standard InChI is InChI=1S/C21H14Br2ClNO2S/c22-14-9-13(10-15(23)11-14)21-25(20(26)12-28-21)17-3-7-19(8-4-17)27-18-5-1-16(24)2-6-18/h1-11,21H,12H2. The molecule has 1 fully saturated rings. The Bertz CT molecular complexity index is 992. The molecule has 3 nitrogen and oxygen atoms in total. The van der Waals surface area contributed by atoms with Gasteiger partial charge in [0.05, 0.1) is 5.75 Å². The Morgan fingerprint density at radius 3 is 2.11 bits per heavy atom. The first-order valence-corrected chi connectivity index (χ1v) is 11.4. The summed E-state index contributed by atoms with van der Waals surface area (Å²) in [6.07, 6.45) is 0. The van der Waals surface area contributed by atoms with E-state index in [9.17, 15) is 4.79 Å². The maximum Gasteiger partial charge on any atom is 0.238 e. The molecule has 1 unspecified atom stereocenters. The SMILES string of the molecule is O=C1CSC(c2cc(Br)cc(Br)c2)N1c1ccc(Oc2ccc(Cl)cc2)cc1. The molecule has 3 aromatic rings. The number of hydrogen-bond acceptors (Lipinski definition) is 3. The van der Waals surface area contributed by atoms with Crippen molar-refractivity contribution in [2.75, 3.05) is 10.7 Å². The van der Waals surface area contributed by atoms with Gasteiger partial charge in [-0.25, -0.2) is 0 Å². The maximum absolute atomic E-state index is 12.6. The van der Waals surface area contributed by atoms with Crippen LogP contribution in [0.5, 0.6) is 11.5 Å². The molecule has 1 heterocycles. The number of ether oxygens (including phenoxy) is 1. The molecule has 0 saturated carbocycles. The van der Waals surface area contributed by atoms with Crippen molar-refractivity contribution in [3.63, 3.8) is 0 Å². The third-order valence-corrected chi connectivity index (χ3v) is 6.58. The summed E-state index contributed by atoms with van der Waals surface area (Å²) in [4.78, 5) is 14.4. The van der Waals surface area contributed by atoms with E-state index in [0.29, 0.717) is 22.3 Å². The summed E-state index contributed by atoms with van der Waals surface area (Å²) < 4.78 is 7.79. The summed E-state index contributed by atoms with van der Waals surface area (Å²) in [5.41, 5.74) is 1.91. The van der Waals surface area contributed by atoms with Crippen molar-refractivity contribution in [2.45, 2.75) is 5.37 Å². The minimum Gasteiger partial charge on any atom is -0.457 e. The summed E-state index contributed by atoms with van der Waals surface area (Å²) in [6.45, 7) is 0. The number of benzene rings is 3. The molecule has 1 aliphatic rings. The molecule has 0 radical (unpaired) electrons. The zero-order valence-corrected chi connectivity index (χ0v) is 19.2. The van der Waals surface area contributed by atoms with Crippen LogP contribution >= 0.6 is 55.2 Å². The van der Waals surface area contributed by atoms with Gasteiger partial charge in [-0.3, -0.25) is 9.69 Å². The van der Waals surface area contributed by atoms with Crippen molar-refractivity contribution in [1.29, 1.82) is 0 Å². The van der Waals surface area contributed by atoms with Crippen LogP contribution < -0.4 is 9.64 Å². The molecule has 0 aromatic heterocycles. The van der Waals surface area contributed by atoms with Crippen LogP contribution in [0.2, 0.25) is 5.02 Å². The molecule has 1 amide bonds. The molecule has 0 aliphatic carbocycles. The van der Waals surface area contributed by atoms with E-state index >= 15 is 0 Å². The largest absolute Gasteiger partial charge is 0.457 e. The molecule has 0 N–H and O–H groups in total. The van der Waals surface area contributed by atoms with Crippen LogP contribution in [0.4, 0.5) is 5.69 Å². The first-order valence-electron chi connectivity index (χ1n) is 8.43. The zero-order valence-electron chi connectivity index (χ0n) is 14.4. The van der Waals surface area contributed by atoms with Gasteiger partial charge in [0.25, 0.3) is 0 Å². The van der Waals surface area contributed by atoms with Crippen LogP contribution in [0.3, 0.4) is 0 Å². The van der Waals surface area contributed by atoms with Crippen LogP contribution in [0.1, 0.15) is 10.9 Å². The predicted molar refractivity (Wildman–Crippen MR) is 122 cm³/mol. The molecule has 1 aliphatic heterocycles. The Morgan fingerprint density at radius 1 is 0.929 bits per heavy atom. The van der Waals surface area contributed by atoms with Crippen LogP contribution in [0, 0.1) is 0 Å². The summed E-state index contributed by atoms with van der Waals surface area (Å²) in [7, 11) is 0. The van der Waals surface area contributed by atoms with Gasteiger partial charge < -0.3 is 4.74 Å². The molecule has 1 saturated heterocycles. The van der Waals surface area contributed by atoms with E-state index < -0.39 is 0 Å². The number of rotatable bonds is 4. The fourth-order valence-corrected chi connectivity index (χ4v) is 5.59. The zero-order chi connectivity index (χ0) is 19.7. The van der Waals surface area contributed by atoms with E-state index in [2.05, 4.69) is 31.9 Å². The van der Waals surface area contributed by atoms with Crippen LogP contribution in [-0.4, -0.2) is 11.7 Å². The molecular formula is C21H14Br2ClNO2S. The Hall–Kier alpha value is -1.47. The highest BCUT2D eigenvalue weighted by atomic mass is 79.9. The quantitative estimate of drug-likeness (QED) is 0.345. The summed E-state index contributed by atoms with van der Waals surface area (Å²) in [5, 5.41) is 0.599. The Kier molecular flexibility index (Phi) is 6.01. The van der Waals surface area contributed by atoms with Gasteiger partial charge in [0.1, 0.15) is 16.9 Å². The smallest absolute Gasteiger partial charge is 0.238 e. The highest BCUT2D eigenvalue weighted by Gasteiger charge is 2.34. The number of thioether (sulfide) groups is 1. The normalized spacial score (nSPS) is 16.5. The molecule has 28 heavy (non-hydrogen) atoms. The number of halogens is 3. The van der Waals surface area contributed by atoms with E-state index in [1.165, 1.54) is 0 Å². The van der Waals surface area contributed by atoms with Crippen molar-refractivity contribution in [1.82, 2.24) is 0 Å². The fraction of sp³-hybridized carbons (Fsp3) is 0.0952. The van der Waals surface area contributed by atoms with Crippen molar-refractivity contribution in [2.24, 2.45) is 0 Å². The van der Waals surface area contributed by atoms with Gasteiger partial charge in [-0.15, -0.1) is 11.8 Å². The third-order valence-electron chi connectivity index (χ3n) is 4.20. The number of carbonyl (C=O) groups is 1. The van der Waals surface area contributed by atoms with E-state index in [1.54, 1.807) is 23.9 Å². The van der Waals surface area contributed by atoms with E-state index in [0.717, 1.165) is 20.2 Å². The average Bonchev–Trinajstić information content (AvgIpc) is 3.05. The molecule has 4 rings (SSSR count). The van der Waals surface area contributed by atoms with Gasteiger partial charge in [0.2, 0.25) is 5.91 Å². The van der Waals surface area contributed by atoms with Gasteiger partial charge >= 0.3 is 0 Å². The van der Waals surface area contributed by atoms with Gasteiger partial charge in [-0.2, -0.15) is 0 Å². The monoisotopic (exact) mass is 537 g/mol. The summed E-state index contributed by atoms with van der Waals surface area (Å²) >= 11 is 14.6. The van der Waals surface area contributed by atoms with Crippen molar-refractivity contribution < 1.29 is 9.53 Å². The molecule has 1 atom stereocenters. The van der Waals surface area contributed by atoms with Crippen LogP contribution in [-0.2, 0) is 4.79 Å². The maximum atomic E-state index is 12.6. The lowest BCUT2D eigenvalue weighted by atomic mass is 10.2. The highest BCUT2D eigenvalue weighted by molar-refractivity contribution is 9.11. The lowest BCUT2D eigenvalue weighted by molar-refractivity contribution is -0.115. The number of amides is 1. The minimum atomic E-state index is -0.0654. The molecule has 142 valence electrons. The Morgan fingerprint density at radius 2 is 1.50 bits per heavy atom. The number of hydrogen-bond donors (Lipinski definition) is 0. The predicted octanol–water partition coefficient (Wildman–Crippen LogP) is 7.44. The Balaban J connectivity index is 1.57. The van der Waals surface area contributed by atoms with E-state index in [4.69, 9.17) is 16.3 Å². The van der Waals surface area contributed by atoms with Crippen molar-refractivity contribution in [3.8, 4) is 11.5 Å². The van der Waals surface area contributed by atoms with Gasteiger partial charge in [0.15, 0.2) is 0 Å². The lowest BCUT2D eigenvalue weighted by Gasteiger charge is -2.25. The lowest BCUT2D eigenvalue weighted by Crippen LogP contribution is -2.27. The van der Waals surface area contributed by atoms with Crippen molar-refractivity contribution >= 4 is 66.8 Å². The summed E-state index contributed by atoms with van der Waals surface area (Å²) in [6, 6.07) is 20.8. The molecule has 0 spiro atoms. The number of anilines is 1. The van der Waals surface area contributed by atoms with E-state index in [1.807, 2.05) is 59.5 Å². The minimum absolute atomic E-state index is 0.0654. The van der Waals surface area contributed by atoms with Crippen molar-refractivity contribution in [3.05, 3.63) is 86.3 Å². The molecule has 0 bridgehead atoms. The molecule has 7 heteroatoms.